The lowest BCUT2D eigenvalue weighted by atomic mass is 10.1. The molecule has 0 bridgehead atoms. The molecule has 4 heterocycles. The van der Waals surface area contributed by atoms with Gasteiger partial charge in [0.25, 0.3) is 5.56 Å². The molecule has 0 saturated carbocycles. The topological polar surface area (TPSA) is 87.9 Å². The Bertz CT molecular complexity index is 1180. The van der Waals surface area contributed by atoms with Crippen LogP contribution in [0.5, 0.6) is 0 Å². The SMILES string of the molecule is Nc1ccc(-c2nc3c(c(=O)[nH]2)CN(Cc2cc4cccnc4s2)CC3)cc1. The van der Waals surface area contributed by atoms with Crippen molar-refractivity contribution in [1.29, 1.82) is 0 Å². The lowest BCUT2D eigenvalue weighted by Gasteiger charge is -2.27. The van der Waals surface area contributed by atoms with Crippen LogP contribution in [-0.4, -0.2) is 26.4 Å². The number of anilines is 1. The van der Waals surface area contributed by atoms with E-state index in [-0.39, 0.29) is 5.56 Å². The summed E-state index contributed by atoms with van der Waals surface area (Å²) in [5.41, 5.74) is 8.91. The Hall–Kier alpha value is -3.03. The number of nitrogen functional groups attached to an aromatic ring is 1. The molecule has 3 aromatic heterocycles. The van der Waals surface area contributed by atoms with Gasteiger partial charge in [0.05, 0.1) is 11.3 Å². The van der Waals surface area contributed by atoms with E-state index in [1.165, 1.54) is 10.3 Å². The molecular formula is C21H19N5OS. The Morgan fingerprint density at radius 2 is 2.07 bits per heavy atom. The fraction of sp³-hybridized carbons (Fsp3) is 0.190. The first-order valence-electron chi connectivity index (χ1n) is 9.19. The standard InChI is InChI=1S/C21H19N5OS/c22-15-5-3-13(4-6-15)19-24-18-7-9-26(12-17(18)20(27)25-19)11-16-10-14-2-1-8-23-21(14)28-16/h1-6,8,10H,7,9,11-12,22H2,(H,24,25,27). The molecule has 7 heteroatoms. The molecule has 0 aliphatic carbocycles. The summed E-state index contributed by atoms with van der Waals surface area (Å²) in [5, 5.41) is 1.17. The lowest BCUT2D eigenvalue weighted by molar-refractivity contribution is 0.244. The first-order chi connectivity index (χ1) is 13.7. The Kier molecular flexibility index (Phi) is 4.18. The summed E-state index contributed by atoms with van der Waals surface area (Å²) < 4.78 is 0. The van der Waals surface area contributed by atoms with Crippen molar-refractivity contribution in [3.63, 3.8) is 0 Å². The highest BCUT2D eigenvalue weighted by Gasteiger charge is 2.22. The van der Waals surface area contributed by atoms with E-state index < -0.39 is 0 Å². The zero-order valence-corrected chi connectivity index (χ0v) is 16.0. The number of thiophene rings is 1. The minimum Gasteiger partial charge on any atom is -0.399 e. The van der Waals surface area contributed by atoms with E-state index in [0.29, 0.717) is 18.1 Å². The van der Waals surface area contributed by atoms with Crippen LogP contribution >= 0.6 is 11.3 Å². The molecule has 28 heavy (non-hydrogen) atoms. The predicted molar refractivity (Wildman–Crippen MR) is 112 cm³/mol. The Morgan fingerprint density at radius 3 is 2.89 bits per heavy atom. The quantitative estimate of drug-likeness (QED) is 0.526. The van der Waals surface area contributed by atoms with E-state index in [0.717, 1.165) is 41.2 Å². The molecule has 4 aromatic rings. The van der Waals surface area contributed by atoms with E-state index in [4.69, 9.17) is 10.7 Å². The number of aromatic nitrogens is 3. The van der Waals surface area contributed by atoms with E-state index in [9.17, 15) is 4.79 Å². The lowest BCUT2D eigenvalue weighted by Crippen LogP contribution is -2.35. The second-order valence-corrected chi connectivity index (χ2v) is 8.15. The highest BCUT2D eigenvalue weighted by Crippen LogP contribution is 2.26. The number of rotatable bonds is 3. The molecule has 0 spiro atoms. The maximum absolute atomic E-state index is 12.7. The maximum atomic E-state index is 12.7. The Balaban J connectivity index is 1.39. The van der Waals surface area contributed by atoms with E-state index in [1.54, 1.807) is 11.3 Å². The van der Waals surface area contributed by atoms with Crippen molar-refractivity contribution in [1.82, 2.24) is 19.9 Å². The highest BCUT2D eigenvalue weighted by atomic mass is 32.1. The summed E-state index contributed by atoms with van der Waals surface area (Å²) in [5.74, 6) is 0.604. The first-order valence-corrected chi connectivity index (χ1v) is 10.0. The number of hydrogen-bond donors (Lipinski definition) is 2. The van der Waals surface area contributed by atoms with Crippen molar-refractivity contribution in [2.45, 2.75) is 19.5 Å². The number of benzene rings is 1. The van der Waals surface area contributed by atoms with Crippen LogP contribution < -0.4 is 11.3 Å². The number of nitrogens with zero attached hydrogens (tertiary/aromatic N) is 3. The predicted octanol–water partition coefficient (Wildman–Crippen LogP) is 3.19. The minimum atomic E-state index is -0.0560. The molecule has 0 saturated heterocycles. The fourth-order valence-electron chi connectivity index (χ4n) is 3.62. The Labute approximate surface area is 165 Å². The molecule has 5 rings (SSSR count). The molecule has 6 nitrogen and oxygen atoms in total. The van der Waals surface area contributed by atoms with Crippen LogP contribution in [0.4, 0.5) is 5.69 Å². The smallest absolute Gasteiger partial charge is 0.255 e. The summed E-state index contributed by atoms with van der Waals surface area (Å²) in [4.78, 5) is 29.4. The van der Waals surface area contributed by atoms with Crippen molar-refractivity contribution in [2.75, 3.05) is 12.3 Å². The van der Waals surface area contributed by atoms with Gasteiger partial charge in [0, 0.05) is 53.8 Å². The summed E-state index contributed by atoms with van der Waals surface area (Å²) in [6.45, 7) is 2.31. The average Bonchev–Trinajstić information content (AvgIpc) is 3.11. The molecule has 140 valence electrons. The van der Waals surface area contributed by atoms with Gasteiger partial charge < -0.3 is 10.7 Å². The molecule has 0 amide bonds. The van der Waals surface area contributed by atoms with Crippen molar-refractivity contribution in [3.05, 3.63) is 75.1 Å². The van der Waals surface area contributed by atoms with Crippen LogP contribution in [0.1, 0.15) is 16.1 Å². The van der Waals surface area contributed by atoms with Crippen LogP contribution in [0.15, 0.2) is 53.5 Å². The minimum absolute atomic E-state index is 0.0560. The van der Waals surface area contributed by atoms with Crippen molar-refractivity contribution in [3.8, 4) is 11.4 Å². The maximum Gasteiger partial charge on any atom is 0.255 e. The van der Waals surface area contributed by atoms with Crippen LogP contribution in [0.3, 0.4) is 0 Å². The zero-order valence-electron chi connectivity index (χ0n) is 15.2. The fourth-order valence-corrected chi connectivity index (χ4v) is 4.66. The third-order valence-electron chi connectivity index (χ3n) is 5.06. The monoisotopic (exact) mass is 389 g/mol. The number of nitrogens with two attached hydrogens (primary N) is 1. The van der Waals surface area contributed by atoms with E-state index in [1.807, 2.05) is 36.5 Å². The van der Waals surface area contributed by atoms with Gasteiger partial charge >= 0.3 is 0 Å². The van der Waals surface area contributed by atoms with Gasteiger partial charge in [-0.15, -0.1) is 11.3 Å². The number of H-pyrrole nitrogens is 1. The summed E-state index contributed by atoms with van der Waals surface area (Å²) in [7, 11) is 0. The van der Waals surface area contributed by atoms with Gasteiger partial charge in [-0.25, -0.2) is 9.97 Å². The molecule has 0 unspecified atom stereocenters. The number of pyridine rings is 1. The van der Waals surface area contributed by atoms with E-state index in [2.05, 4.69) is 27.0 Å². The van der Waals surface area contributed by atoms with Crippen LogP contribution in [0.2, 0.25) is 0 Å². The molecule has 0 atom stereocenters. The third kappa shape index (κ3) is 3.19. The van der Waals surface area contributed by atoms with E-state index >= 15 is 0 Å². The van der Waals surface area contributed by atoms with Gasteiger partial charge in [0.1, 0.15) is 10.7 Å². The number of aromatic amines is 1. The normalized spacial score (nSPS) is 14.3. The zero-order chi connectivity index (χ0) is 19.1. The molecule has 3 N–H and O–H groups in total. The van der Waals surface area contributed by atoms with Gasteiger partial charge in [0.2, 0.25) is 0 Å². The second kappa shape index (κ2) is 6.85. The number of nitrogens with one attached hydrogen (secondary N) is 1. The number of fused-ring (bicyclic) bond motifs is 2. The second-order valence-electron chi connectivity index (χ2n) is 7.03. The molecule has 1 aliphatic heterocycles. The van der Waals surface area contributed by atoms with Crippen LogP contribution in [-0.2, 0) is 19.5 Å². The van der Waals surface area contributed by atoms with Crippen molar-refractivity contribution in [2.24, 2.45) is 0 Å². The van der Waals surface area contributed by atoms with Gasteiger partial charge in [0.15, 0.2) is 0 Å². The Morgan fingerprint density at radius 1 is 1.21 bits per heavy atom. The molecule has 0 fully saturated rings. The summed E-state index contributed by atoms with van der Waals surface area (Å²) in [6, 6.07) is 13.6. The van der Waals surface area contributed by atoms with Crippen LogP contribution in [0, 0.1) is 0 Å². The molecular weight excluding hydrogens is 370 g/mol. The van der Waals surface area contributed by atoms with Gasteiger partial charge in [-0.05, 0) is 36.4 Å². The van der Waals surface area contributed by atoms with Crippen molar-refractivity contribution < 1.29 is 0 Å². The average molecular weight is 389 g/mol. The van der Waals surface area contributed by atoms with Gasteiger partial charge in [-0.1, -0.05) is 6.07 Å². The summed E-state index contributed by atoms with van der Waals surface area (Å²) in [6.07, 6.45) is 2.59. The summed E-state index contributed by atoms with van der Waals surface area (Å²) >= 11 is 1.71. The molecule has 1 aliphatic rings. The third-order valence-corrected chi connectivity index (χ3v) is 6.10. The largest absolute Gasteiger partial charge is 0.399 e. The van der Waals surface area contributed by atoms with Crippen molar-refractivity contribution >= 4 is 27.2 Å². The highest BCUT2D eigenvalue weighted by molar-refractivity contribution is 7.18. The number of hydrogen-bond acceptors (Lipinski definition) is 6. The first kappa shape index (κ1) is 17.1. The van der Waals surface area contributed by atoms with Gasteiger partial charge in [-0.3, -0.25) is 9.69 Å². The molecule has 0 radical (unpaired) electrons. The van der Waals surface area contributed by atoms with Gasteiger partial charge in [-0.2, -0.15) is 0 Å². The molecule has 1 aromatic carbocycles. The van der Waals surface area contributed by atoms with Crippen LogP contribution in [0.25, 0.3) is 21.6 Å².